The zero-order chi connectivity index (χ0) is 14.4. The molecular formula is C16H19N3O. The van der Waals surface area contributed by atoms with Crippen molar-refractivity contribution in [2.45, 2.75) is 20.0 Å². The van der Waals surface area contributed by atoms with Gasteiger partial charge in [0.05, 0.1) is 0 Å². The number of hydrogen-bond acceptors (Lipinski definition) is 3. The van der Waals surface area contributed by atoms with E-state index in [9.17, 15) is 0 Å². The Labute approximate surface area is 118 Å². The van der Waals surface area contributed by atoms with Gasteiger partial charge in [0, 0.05) is 18.7 Å². The largest absolute Gasteiger partial charge is 0.409 e. The fourth-order valence-corrected chi connectivity index (χ4v) is 1.91. The zero-order valence-corrected chi connectivity index (χ0v) is 11.5. The summed E-state index contributed by atoms with van der Waals surface area (Å²) in [5, 5.41) is 15.0. The third-order valence-electron chi connectivity index (χ3n) is 3.14. The molecule has 4 heteroatoms. The molecule has 20 heavy (non-hydrogen) atoms. The Hall–Kier alpha value is -2.33. The standard InChI is InChI=1S/C16H19N3O/c1-12-2-4-13(5-3-12)10-18-11-14-6-8-15(9-7-14)16(17)19-20/h2-9,18,20H,10-11H2,1H3,(H2,17,19). The Kier molecular flexibility index (Phi) is 4.74. The molecule has 2 aromatic rings. The molecule has 0 saturated carbocycles. The van der Waals surface area contributed by atoms with Gasteiger partial charge < -0.3 is 16.3 Å². The first-order chi connectivity index (χ1) is 9.69. The Bertz CT molecular complexity index is 574. The monoisotopic (exact) mass is 269 g/mol. The lowest BCUT2D eigenvalue weighted by molar-refractivity contribution is 0.318. The van der Waals surface area contributed by atoms with Crippen LogP contribution in [0.2, 0.25) is 0 Å². The van der Waals surface area contributed by atoms with Crippen LogP contribution in [0.15, 0.2) is 53.7 Å². The molecule has 0 radical (unpaired) electrons. The lowest BCUT2D eigenvalue weighted by atomic mass is 10.1. The highest BCUT2D eigenvalue weighted by Crippen LogP contribution is 2.06. The number of benzene rings is 2. The maximum atomic E-state index is 8.60. The van der Waals surface area contributed by atoms with Crippen molar-refractivity contribution in [1.82, 2.24) is 5.32 Å². The average Bonchev–Trinajstić information content (AvgIpc) is 2.49. The lowest BCUT2D eigenvalue weighted by Crippen LogP contribution is -2.14. The van der Waals surface area contributed by atoms with E-state index in [-0.39, 0.29) is 5.84 Å². The van der Waals surface area contributed by atoms with Gasteiger partial charge in [0.2, 0.25) is 0 Å². The van der Waals surface area contributed by atoms with E-state index < -0.39 is 0 Å². The Morgan fingerprint density at radius 3 is 2.00 bits per heavy atom. The molecule has 104 valence electrons. The van der Waals surface area contributed by atoms with Crippen molar-refractivity contribution in [3.63, 3.8) is 0 Å². The number of nitrogens with one attached hydrogen (secondary N) is 1. The summed E-state index contributed by atoms with van der Waals surface area (Å²) in [5.41, 5.74) is 9.93. The van der Waals surface area contributed by atoms with E-state index in [1.807, 2.05) is 24.3 Å². The summed E-state index contributed by atoms with van der Waals surface area (Å²) in [7, 11) is 0. The number of hydrogen-bond donors (Lipinski definition) is 3. The highest BCUT2D eigenvalue weighted by atomic mass is 16.4. The highest BCUT2D eigenvalue weighted by molar-refractivity contribution is 5.96. The predicted molar refractivity (Wildman–Crippen MR) is 80.7 cm³/mol. The van der Waals surface area contributed by atoms with Crippen LogP contribution in [-0.4, -0.2) is 11.0 Å². The SMILES string of the molecule is Cc1ccc(CNCc2ccc(C(N)=NO)cc2)cc1. The molecule has 0 aromatic heterocycles. The van der Waals surface area contributed by atoms with Crippen molar-refractivity contribution < 1.29 is 5.21 Å². The molecule has 0 saturated heterocycles. The minimum atomic E-state index is 0.129. The molecule has 4 N–H and O–H groups in total. The molecule has 2 rings (SSSR count). The first-order valence-corrected chi connectivity index (χ1v) is 6.52. The van der Waals surface area contributed by atoms with E-state index in [4.69, 9.17) is 10.9 Å². The van der Waals surface area contributed by atoms with E-state index in [0.717, 1.165) is 24.2 Å². The van der Waals surface area contributed by atoms with Gasteiger partial charge in [-0.15, -0.1) is 0 Å². The van der Waals surface area contributed by atoms with Gasteiger partial charge in [-0.1, -0.05) is 59.3 Å². The third kappa shape index (κ3) is 3.83. The molecule has 0 aliphatic heterocycles. The molecular weight excluding hydrogens is 250 g/mol. The van der Waals surface area contributed by atoms with E-state index in [1.165, 1.54) is 11.1 Å². The summed E-state index contributed by atoms with van der Waals surface area (Å²) in [4.78, 5) is 0. The minimum absolute atomic E-state index is 0.129. The van der Waals surface area contributed by atoms with Gasteiger partial charge in [-0.3, -0.25) is 0 Å². The van der Waals surface area contributed by atoms with Crippen LogP contribution < -0.4 is 11.1 Å². The van der Waals surface area contributed by atoms with Gasteiger partial charge in [0.25, 0.3) is 0 Å². The van der Waals surface area contributed by atoms with Crippen molar-refractivity contribution in [2.24, 2.45) is 10.9 Å². The molecule has 0 bridgehead atoms. The molecule has 2 aromatic carbocycles. The Balaban J connectivity index is 1.86. The van der Waals surface area contributed by atoms with Gasteiger partial charge in [-0.05, 0) is 18.1 Å². The van der Waals surface area contributed by atoms with Gasteiger partial charge in [0.15, 0.2) is 5.84 Å². The number of aryl methyl sites for hydroxylation is 1. The second-order valence-corrected chi connectivity index (χ2v) is 4.77. The average molecular weight is 269 g/mol. The summed E-state index contributed by atoms with van der Waals surface area (Å²) in [6.45, 7) is 3.70. The van der Waals surface area contributed by atoms with E-state index in [2.05, 4.69) is 41.7 Å². The van der Waals surface area contributed by atoms with Crippen LogP contribution in [0.3, 0.4) is 0 Å². The number of nitrogens with two attached hydrogens (primary N) is 1. The molecule has 0 amide bonds. The third-order valence-corrected chi connectivity index (χ3v) is 3.14. The van der Waals surface area contributed by atoms with Crippen LogP contribution in [0.5, 0.6) is 0 Å². The molecule has 0 heterocycles. The van der Waals surface area contributed by atoms with E-state index in [0.29, 0.717) is 0 Å². The van der Waals surface area contributed by atoms with Crippen LogP contribution in [0.4, 0.5) is 0 Å². The molecule has 0 unspecified atom stereocenters. The van der Waals surface area contributed by atoms with Crippen LogP contribution >= 0.6 is 0 Å². The number of oxime groups is 1. The summed E-state index contributed by atoms with van der Waals surface area (Å²) < 4.78 is 0. The first kappa shape index (κ1) is 14.1. The smallest absolute Gasteiger partial charge is 0.170 e. The first-order valence-electron chi connectivity index (χ1n) is 6.52. The van der Waals surface area contributed by atoms with Crippen LogP contribution in [0.1, 0.15) is 22.3 Å². The minimum Gasteiger partial charge on any atom is -0.409 e. The van der Waals surface area contributed by atoms with Crippen molar-refractivity contribution in [1.29, 1.82) is 0 Å². The summed E-state index contributed by atoms with van der Waals surface area (Å²) in [6.07, 6.45) is 0. The van der Waals surface area contributed by atoms with Crippen molar-refractivity contribution in [3.8, 4) is 0 Å². The number of nitrogens with zero attached hydrogens (tertiary/aromatic N) is 1. The van der Waals surface area contributed by atoms with E-state index in [1.54, 1.807) is 0 Å². The second kappa shape index (κ2) is 6.73. The van der Waals surface area contributed by atoms with E-state index >= 15 is 0 Å². The highest BCUT2D eigenvalue weighted by Gasteiger charge is 1.99. The van der Waals surface area contributed by atoms with Crippen molar-refractivity contribution >= 4 is 5.84 Å². The van der Waals surface area contributed by atoms with Crippen LogP contribution in [0, 0.1) is 6.92 Å². The maximum Gasteiger partial charge on any atom is 0.170 e. The van der Waals surface area contributed by atoms with Gasteiger partial charge in [-0.2, -0.15) is 0 Å². The van der Waals surface area contributed by atoms with Gasteiger partial charge in [-0.25, -0.2) is 0 Å². The number of rotatable bonds is 5. The Morgan fingerprint density at radius 1 is 1.00 bits per heavy atom. The van der Waals surface area contributed by atoms with Crippen LogP contribution in [0.25, 0.3) is 0 Å². The second-order valence-electron chi connectivity index (χ2n) is 4.77. The quantitative estimate of drug-likeness (QED) is 0.338. The van der Waals surface area contributed by atoms with Crippen LogP contribution in [-0.2, 0) is 13.1 Å². The molecule has 0 aliphatic rings. The summed E-state index contributed by atoms with van der Waals surface area (Å²) in [6, 6.07) is 16.1. The van der Waals surface area contributed by atoms with Crippen molar-refractivity contribution in [2.75, 3.05) is 0 Å². The van der Waals surface area contributed by atoms with Gasteiger partial charge >= 0.3 is 0 Å². The molecule has 0 aliphatic carbocycles. The zero-order valence-electron chi connectivity index (χ0n) is 11.5. The molecule has 4 nitrogen and oxygen atoms in total. The van der Waals surface area contributed by atoms with Crippen molar-refractivity contribution in [3.05, 3.63) is 70.8 Å². The predicted octanol–water partition coefficient (Wildman–Crippen LogP) is 2.38. The normalized spacial score (nSPS) is 11.6. The summed E-state index contributed by atoms with van der Waals surface area (Å²) >= 11 is 0. The molecule has 0 atom stereocenters. The molecule has 0 spiro atoms. The number of amidine groups is 1. The lowest BCUT2D eigenvalue weighted by Gasteiger charge is -2.06. The topological polar surface area (TPSA) is 70.6 Å². The summed E-state index contributed by atoms with van der Waals surface area (Å²) in [5.74, 6) is 0.129. The fraction of sp³-hybridized carbons (Fsp3) is 0.188. The fourth-order valence-electron chi connectivity index (χ4n) is 1.91. The Morgan fingerprint density at radius 2 is 1.50 bits per heavy atom. The van der Waals surface area contributed by atoms with Gasteiger partial charge in [0.1, 0.15) is 0 Å². The maximum absolute atomic E-state index is 8.60. The molecule has 0 fully saturated rings.